The van der Waals surface area contributed by atoms with Crippen molar-refractivity contribution in [3.05, 3.63) is 17.0 Å². The van der Waals surface area contributed by atoms with E-state index in [9.17, 15) is 4.79 Å². The third kappa shape index (κ3) is 4.85. The molecule has 1 rings (SSSR count). The number of aromatic nitrogens is 2. The van der Waals surface area contributed by atoms with Crippen molar-refractivity contribution in [2.24, 2.45) is 0 Å². The molecule has 1 aromatic heterocycles. The minimum atomic E-state index is -0.125. The van der Waals surface area contributed by atoms with E-state index in [0.29, 0.717) is 30.1 Å². The van der Waals surface area contributed by atoms with Crippen LogP contribution in [0.4, 0.5) is 5.82 Å². The molecule has 0 spiro atoms. The second-order valence-electron chi connectivity index (χ2n) is 2.72. The summed E-state index contributed by atoms with van der Waals surface area (Å²) in [5, 5.41) is 2.61. The molecule has 1 aromatic rings. The minimum absolute atomic E-state index is 0.125. The first-order valence-corrected chi connectivity index (χ1v) is 5.37. The molecule has 6 heteroatoms. The fraction of sp³-hybridized carbons (Fsp3) is 0.444. The molecule has 0 atom stereocenters. The van der Waals surface area contributed by atoms with E-state index in [1.165, 1.54) is 12.4 Å². The van der Waals surface area contributed by atoms with Gasteiger partial charge in [0.05, 0.1) is 25.4 Å². The number of amides is 1. The molecule has 15 heavy (non-hydrogen) atoms. The maximum absolute atomic E-state index is 11.3. The summed E-state index contributed by atoms with van der Waals surface area (Å²) in [6.45, 7) is 2.93. The Morgan fingerprint density at radius 1 is 1.53 bits per heavy atom. The largest absolute Gasteiger partial charge is 0.381 e. The summed E-state index contributed by atoms with van der Waals surface area (Å²) in [5.41, 5.74) is 0. The number of hydrogen-bond donors (Lipinski definition) is 1. The highest BCUT2D eigenvalue weighted by Gasteiger charge is 2.02. The maximum atomic E-state index is 11.3. The first-order valence-electron chi connectivity index (χ1n) is 4.57. The van der Waals surface area contributed by atoms with E-state index < -0.39 is 0 Å². The Morgan fingerprint density at radius 2 is 2.33 bits per heavy atom. The standard InChI is InChI=1S/C9H12BrN3O2/c1-2-15-4-3-9(14)13-8-6-11-7(10)5-12-8/h5-6H,2-4H2,1H3,(H,12,13,14). The first-order chi connectivity index (χ1) is 7.22. The molecule has 0 saturated heterocycles. The average Bonchev–Trinajstić information content (AvgIpc) is 2.22. The monoisotopic (exact) mass is 273 g/mol. The fourth-order valence-corrected chi connectivity index (χ4v) is 1.10. The lowest BCUT2D eigenvalue weighted by Crippen LogP contribution is -2.15. The van der Waals surface area contributed by atoms with Crippen LogP contribution in [0.2, 0.25) is 0 Å². The molecule has 0 radical (unpaired) electrons. The van der Waals surface area contributed by atoms with E-state index in [0.717, 1.165) is 0 Å². The second kappa shape index (κ2) is 6.47. The lowest BCUT2D eigenvalue weighted by Gasteiger charge is -2.03. The van der Waals surface area contributed by atoms with Gasteiger partial charge in [-0.25, -0.2) is 9.97 Å². The van der Waals surface area contributed by atoms with E-state index >= 15 is 0 Å². The molecule has 1 N–H and O–H groups in total. The lowest BCUT2D eigenvalue weighted by molar-refractivity contribution is -0.117. The summed E-state index contributed by atoms with van der Waals surface area (Å²) >= 11 is 3.16. The molecule has 82 valence electrons. The quantitative estimate of drug-likeness (QED) is 0.828. The summed E-state index contributed by atoms with van der Waals surface area (Å²) in [5.74, 6) is 0.319. The van der Waals surface area contributed by atoms with E-state index in [1.54, 1.807) is 0 Å². The van der Waals surface area contributed by atoms with Crippen LogP contribution in [0.25, 0.3) is 0 Å². The van der Waals surface area contributed by atoms with Crippen LogP contribution in [0.5, 0.6) is 0 Å². The normalized spacial score (nSPS) is 10.0. The van der Waals surface area contributed by atoms with E-state index in [-0.39, 0.29) is 5.91 Å². The highest BCUT2D eigenvalue weighted by atomic mass is 79.9. The van der Waals surface area contributed by atoms with Gasteiger partial charge in [0.2, 0.25) is 5.91 Å². The number of halogens is 1. The fourth-order valence-electron chi connectivity index (χ4n) is 0.891. The Morgan fingerprint density at radius 3 is 2.93 bits per heavy atom. The maximum Gasteiger partial charge on any atom is 0.227 e. The zero-order valence-corrected chi connectivity index (χ0v) is 9.95. The molecule has 1 amide bonds. The topological polar surface area (TPSA) is 64.1 Å². The Kier molecular flexibility index (Phi) is 5.20. The first kappa shape index (κ1) is 12.1. The van der Waals surface area contributed by atoms with Gasteiger partial charge in [0.15, 0.2) is 5.82 Å². The molecule has 0 bridgehead atoms. The highest BCUT2D eigenvalue weighted by molar-refractivity contribution is 9.10. The second-order valence-corrected chi connectivity index (χ2v) is 3.53. The Hall–Kier alpha value is -1.01. The van der Waals surface area contributed by atoms with Gasteiger partial charge in [0.25, 0.3) is 0 Å². The molecule has 0 aromatic carbocycles. The molecule has 0 aliphatic carbocycles. The summed E-state index contributed by atoms with van der Waals surface area (Å²) in [6, 6.07) is 0. The van der Waals surface area contributed by atoms with Crippen molar-refractivity contribution in [3.63, 3.8) is 0 Å². The van der Waals surface area contributed by atoms with Gasteiger partial charge in [-0.15, -0.1) is 0 Å². The number of carbonyl (C=O) groups excluding carboxylic acids is 1. The average molecular weight is 274 g/mol. The molecule has 0 aliphatic rings. The SMILES string of the molecule is CCOCCC(=O)Nc1cnc(Br)cn1. The Labute approximate surface area is 96.4 Å². The van der Waals surface area contributed by atoms with Crippen LogP contribution >= 0.6 is 15.9 Å². The van der Waals surface area contributed by atoms with Gasteiger partial charge in [-0.3, -0.25) is 4.79 Å². The van der Waals surface area contributed by atoms with Crippen molar-refractivity contribution in [1.82, 2.24) is 9.97 Å². The van der Waals surface area contributed by atoms with Gasteiger partial charge in [-0.05, 0) is 22.9 Å². The van der Waals surface area contributed by atoms with E-state index in [2.05, 4.69) is 31.2 Å². The van der Waals surface area contributed by atoms with Crippen molar-refractivity contribution in [2.75, 3.05) is 18.5 Å². The number of nitrogens with zero attached hydrogens (tertiary/aromatic N) is 2. The molecule has 0 aliphatic heterocycles. The number of nitrogens with one attached hydrogen (secondary N) is 1. The molecular formula is C9H12BrN3O2. The molecular weight excluding hydrogens is 262 g/mol. The smallest absolute Gasteiger partial charge is 0.227 e. The number of anilines is 1. The molecule has 0 fully saturated rings. The van der Waals surface area contributed by atoms with Gasteiger partial charge >= 0.3 is 0 Å². The van der Waals surface area contributed by atoms with Crippen molar-refractivity contribution in [2.45, 2.75) is 13.3 Å². The van der Waals surface area contributed by atoms with Crippen LogP contribution in [0.3, 0.4) is 0 Å². The van der Waals surface area contributed by atoms with Crippen LogP contribution in [0.15, 0.2) is 17.0 Å². The predicted octanol–water partition coefficient (Wildman–Crippen LogP) is 1.60. The summed E-state index contributed by atoms with van der Waals surface area (Å²) in [7, 11) is 0. The molecule has 5 nitrogen and oxygen atoms in total. The molecule has 0 saturated carbocycles. The van der Waals surface area contributed by atoms with Crippen LogP contribution in [-0.2, 0) is 9.53 Å². The third-order valence-corrected chi connectivity index (χ3v) is 1.97. The van der Waals surface area contributed by atoms with Crippen LogP contribution in [0, 0.1) is 0 Å². The summed E-state index contributed by atoms with van der Waals surface area (Å²) in [6.07, 6.45) is 3.34. The van der Waals surface area contributed by atoms with Crippen molar-refractivity contribution in [3.8, 4) is 0 Å². The number of carbonyl (C=O) groups is 1. The van der Waals surface area contributed by atoms with Crippen LogP contribution in [-0.4, -0.2) is 29.1 Å². The van der Waals surface area contributed by atoms with Crippen LogP contribution in [0.1, 0.15) is 13.3 Å². The van der Waals surface area contributed by atoms with Crippen LogP contribution < -0.4 is 5.32 Å². The van der Waals surface area contributed by atoms with Crippen molar-refractivity contribution in [1.29, 1.82) is 0 Å². The van der Waals surface area contributed by atoms with Gasteiger partial charge in [0, 0.05) is 6.61 Å². The summed E-state index contributed by atoms with van der Waals surface area (Å²) < 4.78 is 5.69. The third-order valence-electron chi connectivity index (χ3n) is 1.57. The zero-order valence-electron chi connectivity index (χ0n) is 8.36. The number of ether oxygens (including phenoxy) is 1. The van der Waals surface area contributed by atoms with Gasteiger partial charge in [-0.1, -0.05) is 0 Å². The van der Waals surface area contributed by atoms with Crippen molar-refractivity contribution >= 4 is 27.7 Å². The Bertz CT molecular complexity index is 316. The Balaban J connectivity index is 2.34. The van der Waals surface area contributed by atoms with Gasteiger partial charge in [-0.2, -0.15) is 0 Å². The van der Waals surface area contributed by atoms with Crippen molar-refractivity contribution < 1.29 is 9.53 Å². The van der Waals surface area contributed by atoms with E-state index in [1.807, 2.05) is 6.92 Å². The molecule has 0 unspecified atom stereocenters. The lowest BCUT2D eigenvalue weighted by atomic mass is 10.4. The zero-order chi connectivity index (χ0) is 11.1. The molecule has 1 heterocycles. The number of hydrogen-bond acceptors (Lipinski definition) is 4. The number of rotatable bonds is 5. The van der Waals surface area contributed by atoms with E-state index in [4.69, 9.17) is 4.74 Å². The van der Waals surface area contributed by atoms with Gasteiger partial charge in [0.1, 0.15) is 4.60 Å². The highest BCUT2D eigenvalue weighted by Crippen LogP contribution is 2.06. The minimum Gasteiger partial charge on any atom is -0.381 e. The van der Waals surface area contributed by atoms with Gasteiger partial charge < -0.3 is 10.1 Å². The predicted molar refractivity (Wildman–Crippen MR) is 59.5 cm³/mol. The summed E-state index contributed by atoms with van der Waals surface area (Å²) in [4.78, 5) is 19.2.